The Morgan fingerprint density at radius 2 is 1.47 bits per heavy atom. The lowest BCUT2D eigenvalue weighted by Gasteiger charge is -2.42. The highest BCUT2D eigenvalue weighted by atomic mass is 16.4. The van der Waals surface area contributed by atoms with E-state index in [0.717, 1.165) is 23.0 Å². The van der Waals surface area contributed by atoms with Crippen molar-refractivity contribution in [3.05, 3.63) is 73.9 Å². The van der Waals surface area contributed by atoms with Gasteiger partial charge < -0.3 is 5.11 Å². The number of carbonyl (C=O) groups is 1. The number of rotatable bonds is 2. The fourth-order valence-electron chi connectivity index (χ4n) is 4.49. The molecule has 1 heterocycles. The van der Waals surface area contributed by atoms with Crippen molar-refractivity contribution in [2.24, 2.45) is 7.05 Å². The normalized spacial score (nSPS) is 17.0. The number of carboxylic acid groups (broad SMARTS) is 1. The van der Waals surface area contributed by atoms with Crippen molar-refractivity contribution in [2.75, 3.05) is 0 Å². The monoisotopic (exact) mass is 406 g/mol. The second kappa shape index (κ2) is 6.42. The number of carboxylic acids is 1. The van der Waals surface area contributed by atoms with E-state index in [2.05, 4.69) is 27.7 Å². The third kappa shape index (κ3) is 2.90. The minimum atomic E-state index is -1.06. The molecule has 0 bridgehead atoms. The van der Waals surface area contributed by atoms with E-state index in [-0.39, 0.29) is 16.4 Å². The maximum Gasteiger partial charge on any atom is 0.335 e. The van der Waals surface area contributed by atoms with Crippen LogP contribution in [0.25, 0.3) is 16.6 Å². The van der Waals surface area contributed by atoms with Gasteiger partial charge >= 0.3 is 11.7 Å². The Bertz CT molecular complexity index is 1310. The minimum Gasteiger partial charge on any atom is -0.478 e. The second-order valence-corrected chi connectivity index (χ2v) is 9.52. The molecule has 1 aliphatic carbocycles. The van der Waals surface area contributed by atoms with E-state index < -0.39 is 17.2 Å². The molecule has 0 saturated heterocycles. The Morgan fingerprint density at radius 3 is 2.00 bits per heavy atom. The van der Waals surface area contributed by atoms with Crippen LogP contribution in [-0.2, 0) is 17.9 Å². The number of aryl methyl sites for hydroxylation is 1. The van der Waals surface area contributed by atoms with Crippen LogP contribution in [0.3, 0.4) is 0 Å². The topological polar surface area (TPSA) is 81.3 Å². The molecule has 0 fully saturated rings. The molecule has 1 aliphatic rings. The summed E-state index contributed by atoms with van der Waals surface area (Å²) in [5.41, 5.74) is 2.46. The molecule has 6 heteroatoms. The highest BCUT2D eigenvalue weighted by Gasteiger charge is 2.37. The number of nitrogens with zero attached hydrogens (tertiary/aromatic N) is 2. The molecular formula is C24H26N2O4. The number of fused-ring (bicyclic) bond motifs is 2. The van der Waals surface area contributed by atoms with Crippen molar-refractivity contribution in [1.29, 1.82) is 0 Å². The Labute approximate surface area is 174 Å². The Balaban J connectivity index is 2.06. The molecule has 1 aromatic heterocycles. The summed E-state index contributed by atoms with van der Waals surface area (Å²) < 4.78 is 2.61. The lowest BCUT2D eigenvalue weighted by Crippen LogP contribution is -2.39. The van der Waals surface area contributed by atoms with Crippen molar-refractivity contribution in [3.63, 3.8) is 0 Å². The van der Waals surface area contributed by atoms with Gasteiger partial charge in [0.25, 0.3) is 5.56 Å². The van der Waals surface area contributed by atoms with Crippen molar-refractivity contribution in [3.8, 4) is 5.69 Å². The van der Waals surface area contributed by atoms with Crippen LogP contribution in [0.1, 0.15) is 62.0 Å². The van der Waals surface area contributed by atoms with Crippen LogP contribution < -0.4 is 11.2 Å². The molecule has 3 aromatic rings. The maximum absolute atomic E-state index is 13.4. The number of benzene rings is 2. The van der Waals surface area contributed by atoms with Gasteiger partial charge in [-0.2, -0.15) is 0 Å². The summed E-state index contributed by atoms with van der Waals surface area (Å²) in [6.45, 7) is 8.79. The number of aromatic nitrogens is 2. The van der Waals surface area contributed by atoms with E-state index in [4.69, 9.17) is 5.11 Å². The molecule has 0 saturated carbocycles. The van der Waals surface area contributed by atoms with Crippen LogP contribution >= 0.6 is 0 Å². The molecule has 0 atom stereocenters. The van der Waals surface area contributed by atoms with Crippen molar-refractivity contribution in [1.82, 2.24) is 9.13 Å². The van der Waals surface area contributed by atoms with Crippen LogP contribution in [0.2, 0.25) is 0 Å². The van der Waals surface area contributed by atoms with E-state index in [1.54, 1.807) is 7.05 Å². The van der Waals surface area contributed by atoms with Crippen LogP contribution in [0.5, 0.6) is 0 Å². The number of aromatic carboxylic acids is 1. The smallest absolute Gasteiger partial charge is 0.335 e. The molecule has 0 unspecified atom stereocenters. The predicted molar refractivity (Wildman–Crippen MR) is 117 cm³/mol. The molecular weight excluding hydrogens is 380 g/mol. The quantitative estimate of drug-likeness (QED) is 0.703. The zero-order valence-corrected chi connectivity index (χ0v) is 17.9. The summed E-state index contributed by atoms with van der Waals surface area (Å²) >= 11 is 0. The van der Waals surface area contributed by atoms with Gasteiger partial charge in [-0.1, -0.05) is 27.7 Å². The van der Waals surface area contributed by atoms with E-state index in [1.807, 2.05) is 12.1 Å². The van der Waals surface area contributed by atoms with Crippen molar-refractivity contribution >= 4 is 16.9 Å². The summed E-state index contributed by atoms with van der Waals surface area (Å²) in [4.78, 5) is 37.6. The largest absolute Gasteiger partial charge is 0.478 e. The molecule has 0 amide bonds. The third-order valence-electron chi connectivity index (χ3n) is 6.61. The lowest BCUT2D eigenvalue weighted by atomic mass is 9.63. The first-order valence-electron chi connectivity index (χ1n) is 10.1. The highest BCUT2D eigenvalue weighted by Crippen LogP contribution is 2.46. The van der Waals surface area contributed by atoms with Gasteiger partial charge in [0, 0.05) is 7.05 Å². The first-order chi connectivity index (χ1) is 13.9. The summed E-state index contributed by atoms with van der Waals surface area (Å²) in [6, 6.07) is 9.73. The van der Waals surface area contributed by atoms with Crippen LogP contribution in [-0.4, -0.2) is 20.2 Å². The van der Waals surface area contributed by atoms with Crippen LogP contribution in [0, 0.1) is 0 Å². The standard InChI is InChI=1S/C24H26N2O4/c1-23(2)10-11-24(3,4)18-13-19-16(12-17(18)23)20(27)26(22(30)25(19)5)15-8-6-14(7-9-15)21(28)29/h6-9,12-13H,10-11H2,1-5H3,(H,28,29). The minimum absolute atomic E-state index is 0.0311. The number of hydrogen-bond donors (Lipinski definition) is 1. The zero-order chi connectivity index (χ0) is 22.0. The van der Waals surface area contributed by atoms with Gasteiger partial charge in [-0.25, -0.2) is 14.2 Å². The van der Waals surface area contributed by atoms with E-state index in [0.29, 0.717) is 16.6 Å². The Hall–Kier alpha value is -3.15. The van der Waals surface area contributed by atoms with E-state index in [1.165, 1.54) is 34.4 Å². The molecule has 156 valence electrons. The van der Waals surface area contributed by atoms with Crippen molar-refractivity contribution in [2.45, 2.75) is 51.4 Å². The molecule has 6 nitrogen and oxygen atoms in total. The van der Waals surface area contributed by atoms with Gasteiger partial charge in [-0.3, -0.25) is 9.36 Å². The van der Waals surface area contributed by atoms with Crippen LogP contribution in [0.15, 0.2) is 46.0 Å². The Morgan fingerprint density at radius 1 is 0.933 bits per heavy atom. The first-order valence-corrected chi connectivity index (χ1v) is 10.1. The van der Waals surface area contributed by atoms with Gasteiger partial charge in [-0.15, -0.1) is 0 Å². The summed E-state index contributed by atoms with van der Waals surface area (Å²) in [5.74, 6) is -1.06. The summed E-state index contributed by atoms with van der Waals surface area (Å²) in [5, 5.41) is 9.60. The van der Waals surface area contributed by atoms with Gasteiger partial charge in [0.15, 0.2) is 0 Å². The summed E-state index contributed by atoms with van der Waals surface area (Å²) in [7, 11) is 1.67. The van der Waals surface area contributed by atoms with Gasteiger partial charge in [0.2, 0.25) is 0 Å². The molecule has 0 aliphatic heterocycles. The molecule has 0 spiro atoms. The fraction of sp³-hybridized carbons (Fsp3) is 0.375. The summed E-state index contributed by atoms with van der Waals surface area (Å²) in [6.07, 6.45) is 2.06. The average Bonchev–Trinajstić information content (AvgIpc) is 2.69. The highest BCUT2D eigenvalue weighted by molar-refractivity contribution is 5.87. The SMILES string of the molecule is Cn1c(=O)n(-c2ccc(C(=O)O)cc2)c(=O)c2cc3c(cc21)C(C)(C)CCC3(C)C. The second-order valence-electron chi connectivity index (χ2n) is 9.52. The van der Waals surface area contributed by atoms with E-state index in [9.17, 15) is 14.4 Å². The van der Waals surface area contributed by atoms with Crippen LogP contribution in [0.4, 0.5) is 0 Å². The molecule has 30 heavy (non-hydrogen) atoms. The maximum atomic E-state index is 13.4. The molecule has 2 aromatic carbocycles. The van der Waals surface area contributed by atoms with E-state index >= 15 is 0 Å². The number of hydrogen-bond acceptors (Lipinski definition) is 3. The molecule has 0 radical (unpaired) electrons. The van der Waals surface area contributed by atoms with Gasteiger partial charge in [0.1, 0.15) is 0 Å². The van der Waals surface area contributed by atoms with Crippen molar-refractivity contribution < 1.29 is 9.90 Å². The van der Waals surface area contributed by atoms with Gasteiger partial charge in [-0.05, 0) is 71.2 Å². The fourth-order valence-corrected chi connectivity index (χ4v) is 4.49. The lowest BCUT2D eigenvalue weighted by molar-refractivity contribution is 0.0697. The third-order valence-corrected chi connectivity index (χ3v) is 6.61. The molecule has 1 N–H and O–H groups in total. The molecule has 4 rings (SSSR count). The zero-order valence-electron chi connectivity index (χ0n) is 17.9. The Kier molecular flexibility index (Phi) is 4.31. The predicted octanol–water partition coefficient (Wildman–Crippen LogP) is 3.74. The average molecular weight is 406 g/mol. The first kappa shape index (κ1) is 20.1. The van der Waals surface area contributed by atoms with Gasteiger partial charge in [0.05, 0.1) is 22.2 Å².